The lowest BCUT2D eigenvalue weighted by molar-refractivity contribution is -0.115. The van der Waals surface area contributed by atoms with Crippen LogP contribution in [0.3, 0.4) is 0 Å². The number of anilines is 1. The maximum Gasteiger partial charge on any atom is 0.237 e. The van der Waals surface area contributed by atoms with Gasteiger partial charge in [-0.15, -0.1) is 10.2 Å². The molecule has 0 saturated heterocycles. The summed E-state index contributed by atoms with van der Waals surface area (Å²) >= 11 is 1.37. The van der Waals surface area contributed by atoms with Crippen molar-refractivity contribution < 1.29 is 9.59 Å². The highest BCUT2D eigenvalue weighted by Crippen LogP contribution is 2.27. The Hall–Kier alpha value is -3.00. The zero-order chi connectivity index (χ0) is 20.1. The van der Waals surface area contributed by atoms with Crippen LogP contribution < -0.4 is 5.32 Å². The van der Waals surface area contributed by atoms with Crippen LogP contribution in [0.4, 0.5) is 5.69 Å². The smallest absolute Gasteiger partial charge is 0.237 e. The lowest BCUT2D eigenvalue weighted by Gasteiger charge is -2.14. The molecule has 7 nitrogen and oxygen atoms in total. The molecule has 0 aliphatic carbocycles. The molecular weight excluding hydrogens is 374 g/mol. The number of aromatic nitrogens is 4. The van der Waals surface area contributed by atoms with Crippen LogP contribution in [-0.4, -0.2) is 36.7 Å². The molecule has 0 radical (unpaired) electrons. The Morgan fingerprint density at radius 2 is 1.79 bits per heavy atom. The van der Waals surface area contributed by atoms with Crippen molar-refractivity contribution in [3.05, 3.63) is 54.4 Å². The largest absolute Gasteiger partial charge is 0.325 e. The van der Waals surface area contributed by atoms with E-state index in [1.807, 2.05) is 30.7 Å². The van der Waals surface area contributed by atoms with E-state index in [0.29, 0.717) is 22.8 Å². The topological polar surface area (TPSA) is 89.8 Å². The third kappa shape index (κ3) is 4.45. The summed E-state index contributed by atoms with van der Waals surface area (Å²) in [6, 6.07) is 10.6. The Bertz CT molecular complexity index is 970. The predicted octanol–water partition coefficient (Wildman–Crippen LogP) is 3.59. The molecule has 0 aliphatic rings. The van der Waals surface area contributed by atoms with Gasteiger partial charge in [-0.1, -0.05) is 18.7 Å². The van der Waals surface area contributed by atoms with Crippen molar-refractivity contribution in [1.82, 2.24) is 19.7 Å². The van der Waals surface area contributed by atoms with Gasteiger partial charge in [-0.05, 0) is 49.7 Å². The minimum Gasteiger partial charge on any atom is -0.325 e. The van der Waals surface area contributed by atoms with E-state index >= 15 is 0 Å². The Morgan fingerprint density at radius 1 is 1.11 bits per heavy atom. The van der Waals surface area contributed by atoms with Crippen LogP contribution in [0.2, 0.25) is 0 Å². The van der Waals surface area contributed by atoms with Gasteiger partial charge in [-0.2, -0.15) is 0 Å². The molecule has 3 rings (SSSR count). The van der Waals surface area contributed by atoms with Crippen LogP contribution in [0.15, 0.2) is 53.9 Å². The SMILES string of the molecule is CC[C@@H](Sc1nnc(-c2ccncc2)n1C)C(=O)Nc1ccc(C(C)=O)cc1. The average Bonchev–Trinajstić information content (AvgIpc) is 3.07. The highest BCUT2D eigenvalue weighted by molar-refractivity contribution is 8.00. The minimum absolute atomic E-state index is 0.00727. The van der Waals surface area contributed by atoms with Gasteiger partial charge in [0.15, 0.2) is 16.8 Å². The fourth-order valence-corrected chi connectivity index (χ4v) is 3.55. The number of nitrogens with one attached hydrogen (secondary N) is 1. The lowest BCUT2D eigenvalue weighted by Crippen LogP contribution is -2.25. The molecule has 0 aliphatic heterocycles. The first-order chi connectivity index (χ1) is 13.5. The van der Waals surface area contributed by atoms with Crippen LogP contribution in [0.1, 0.15) is 30.6 Å². The molecular formula is C20H21N5O2S. The van der Waals surface area contributed by atoms with Crippen molar-refractivity contribution >= 4 is 29.1 Å². The van der Waals surface area contributed by atoms with Crippen LogP contribution >= 0.6 is 11.8 Å². The third-order valence-corrected chi connectivity index (χ3v) is 5.64. The minimum atomic E-state index is -0.319. The van der Waals surface area contributed by atoms with E-state index in [-0.39, 0.29) is 16.9 Å². The standard InChI is InChI=1S/C20H21N5O2S/c1-4-17(19(27)22-16-7-5-14(6-8-16)13(2)26)28-20-24-23-18(25(20)3)15-9-11-21-12-10-15/h5-12,17H,4H2,1-3H3,(H,22,27)/t17-/m1/s1. The van der Waals surface area contributed by atoms with Crippen molar-refractivity contribution in [2.45, 2.75) is 30.7 Å². The number of rotatable bonds is 7. The molecule has 1 atom stereocenters. The van der Waals surface area contributed by atoms with Crippen molar-refractivity contribution in [2.75, 3.05) is 5.32 Å². The summed E-state index contributed by atoms with van der Waals surface area (Å²) in [6.45, 7) is 3.47. The van der Waals surface area contributed by atoms with Crippen LogP contribution in [0.5, 0.6) is 0 Å². The summed E-state index contributed by atoms with van der Waals surface area (Å²) in [5, 5.41) is 11.7. The molecule has 1 aromatic carbocycles. The Morgan fingerprint density at radius 3 is 2.39 bits per heavy atom. The summed E-state index contributed by atoms with van der Waals surface area (Å²) in [4.78, 5) is 28.1. The van der Waals surface area contributed by atoms with Gasteiger partial charge < -0.3 is 9.88 Å². The zero-order valence-corrected chi connectivity index (χ0v) is 16.7. The summed E-state index contributed by atoms with van der Waals surface area (Å²) in [5.74, 6) is 0.601. The number of Topliss-reactive ketones (excluding diaryl/α,β-unsaturated/α-hetero) is 1. The second-order valence-electron chi connectivity index (χ2n) is 6.24. The number of ketones is 1. The molecule has 0 bridgehead atoms. The van der Waals surface area contributed by atoms with Crippen molar-refractivity contribution in [2.24, 2.45) is 7.05 Å². The third-order valence-electron chi connectivity index (χ3n) is 4.24. The molecule has 3 aromatic rings. The van der Waals surface area contributed by atoms with Gasteiger partial charge in [0.05, 0.1) is 5.25 Å². The van der Waals surface area contributed by atoms with E-state index in [4.69, 9.17) is 0 Å². The number of pyridine rings is 1. The van der Waals surface area contributed by atoms with Crippen molar-refractivity contribution in [3.63, 3.8) is 0 Å². The van der Waals surface area contributed by atoms with Crippen molar-refractivity contribution in [3.8, 4) is 11.4 Å². The van der Waals surface area contributed by atoms with Gasteiger partial charge in [-0.25, -0.2) is 0 Å². The van der Waals surface area contributed by atoms with Gasteiger partial charge in [-0.3, -0.25) is 14.6 Å². The molecule has 2 aromatic heterocycles. The summed E-state index contributed by atoms with van der Waals surface area (Å²) in [6.07, 6.45) is 4.05. The molecule has 8 heteroatoms. The Labute approximate surface area is 167 Å². The number of hydrogen-bond acceptors (Lipinski definition) is 6. The molecule has 0 fully saturated rings. The molecule has 28 heavy (non-hydrogen) atoms. The normalized spacial score (nSPS) is 11.8. The fourth-order valence-electron chi connectivity index (χ4n) is 2.63. The summed E-state index contributed by atoms with van der Waals surface area (Å²) in [7, 11) is 1.88. The Balaban J connectivity index is 1.71. The van der Waals surface area contributed by atoms with Crippen molar-refractivity contribution in [1.29, 1.82) is 0 Å². The number of benzene rings is 1. The molecule has 0 saturated carbocycles. The maximum atomic E-state index is 12.7. The number of carbonyl (C=O) groups excluding carboxylic acids is 2. The number of thioether (sulfide) groups is 1. The molecule has 0 spiro atoms. The zero-order valence-electron chi connectivity index (χ0n) is 15.9. The van der Waals surface area contributed by atoms with Crippen LogP contribution in [0, 0.1) is 0 Å². The quantitative estimate of drug-likeness (QED) is 0.486. The molecule has 1 N–H and O–H groups in total. The second-order valence-corrected chi connectivity index (χ2v) is 7.41. The highest BCUT2D eigenvalue weighted by atomic mass is 32.2. The van der Waals surface area contributed by atoms with Crippen LogP contribution in [-0.2, 0) is 11.8 Å². The number of nitrogens with zero attached hydrogens (tertiary/aromatic N) is 4. The monoisotopic (exact) mass is 395 g/mol. The second kappa shape index (κ2) is 8.79. The van der Waals surface area contributed by atoms with Gasteiger partial charge >= 0.3 is 0 Å². The molecule has 0 unspecified atom stereocenters. The van der Waals surface area contributed by atoms with Gasteiger partial charge in [0.25, 0.3) is 0 Å². The molecule has 144 valence electrons. The van der Waals surface area contributed by atoms with Crippen LogP contribution in [0.25, 0.3) is 11.4 Å². The number of carbonyl (C=O) groups is 2. The average molecular weight is 395 g/mol. The van der Waals surface area contributed by atoms with Gasteiger partial charge in [0, 0.05) is 36.3 Å². The number of hydrogen-bond donors (Lipinski definition) is 1. The van der Waals surface area contributed by atoms with E-state index in [2.05, 4.69) is 20.5 Å². The first-order valence-corrected chi connectivity index (χ1v) is 9.76. The highest BCUT2D eigenvalue weighted by Gasteiger charge is 2.22. The van der Waals surface area contributed by atoms with Gasteiger partial charge in [0.1, 0.15) is 0 Å². The lowest BCUT2D eigenvalue weighted by atomic mass is 10.1. The predicted molar refractivity (Wildman–Crippen MR) is 109 cm³/mol. The molecule has 2 heterocycles. The summed E-state index contributed by atoms with van der Waals surface area (Å²) in [5.41, 5.74) is 2.19. The first kappa shape index (κ1) is 19.8. The summed E-state index contributed by atoms with van der Waals surface area (Å²) < 4.78 is 1.87. The van der Waals surface area contributed by atoms with Gasteiger partial charge in [0.2, 0.25) is 5.91 Å². The Kier molecular flexibility index (Phi) is 6.20. The van der Waals surface area contributed by atoms with E-state index in [9.17, 15) is 9.59 Å². The van der Waals surface area contributed by atoms with E-state index < -0.39 is 0 Å². The van der Waals surface area contributed by atoms with E-state index in [1.165, 1.54) is 18.7 Å². The number of amides is 1. The molecule has 1 amide bonds. The fraction of sp³-hybridized carbons (Fsp3) is 0.250. The van der Waals surface area contributed by atoms with E-state index in [0.717, 1.165) is 11.4 Å². The maximum absolute atomic E-state index is 12.7. The first-order valence-electron chi connectivity index (χ1n) is 8.88. The van der Waals surface area contributed by atoms with E-state index in [1.54, 1.807) is 36.7 Å².